The minimum absolute atomic E-state index is 0.0638. The van der Waals surface area contributed by atoms with Gasteiger partial charge in [-0.15, -0.1) is 0 Å². The Labute approximate surface area is 307 Å². The molecule has 0 rings (SSSR count). The maximum absolute atomic E-state index is 13.6. The highest BCUT2D eigenvalue weighted by Crippen LogP contribution is 2.22. The third-order valence-corrected chi connectivity index (χ3v) is 8.78. The minimum atomic E-state index is -1.23. The molecule has 0 bridgehead atoms. The molecule has 51 heavy (non-hydrogen) atoms. The predicted octanol–water partition coefficient (Wildman–Crippen LogP) is 4.52. The van der Waals surface area contributed by atoms with Crippen LogP contribution in [0.15, 0.2) is 0 Å². The van der Waals surface area contributed by atoms with Crippen LogP contribution in [0.25, 0.3) is 0 Å². The minimum Gasteiger partial charge on any atom is -0.466 e. The quantitative estimate of drug-likeness (QED) is 0.0800. The van der Waals surface area contributed by atoms with Crippen molar-refractivity contribution >= 4 is 35.3 Å². The Morgan fingerprint density at radius 3 is 1.55 bits per heavy atom. The van der Waals surface area contributed by atoms with Crippen LogP contribution in [-0.4, -0.2) is 82.4 Å². The number of aliphatic hydroxyl groups excluding tert-OH is 2. The van der Waals surface area contributed by atoms with E-state index in [0.717, 1.165) is 0 Å². The van der Waals surface area contributed by atoms with Gasteiger partial charge in [0.2, 0.25) is 17.7 Å². The summed E-state index contributed by atoms with van der Waals surface area (Å²) in [7, 11) is 0. The van der Waals surface area contributed by atoms with Gasteiger partial charge in [-0.05, 0) is 48.9 Å². The molecular weight excluding hydrogens is 654 g/mol. The fraction of sp³-hybridized carbons (Fsp3) is 0.846. The van der Waals surface area contributed by atoms with Crippen molar-refractivity contribution in [3.63, 3.8) is 0 Å². The van der Waals surface area contributed by atoms with Crippen molar-refractivity contribution in [2.75, 3.05) is 6.61 Å². The highest BCUT2D eigenvalue weighted by Gasteiger charge is 2.34. The maximum atomic E-state index is 13.6. The standard InChI is InChI=1S/C39H71N3O9/c1-13-14-51-36(48)21-33(45)31(16-23(4)5)40-38(49)27(12)18-28(43)19-32(44)30(15-22(2)3)41-39(50)29(25(8)9)20-34(46)37(26(10)11)42-35(47)17-24(6)7/h22-27,29-33,37,44-45H,13-21H2,1-12H3,(H,40,49)(H,41,50)(H,42,47). The van der Waals surface area contributed by atoms with E-state index in [4.69, 9.17) is 4.74 Å². The number of ether oxygens (including phenoxy) is 1. The first kappa shape index (κ1) is 48.1. The molecule has 12 heteroatoms. The van der Waals surface area contributed by atoms with Gasteiger partial charge in [-0.1, -0.05) is 83.1 Å². The maximum Gasteiger partial charge on any atom is 0.308 e. The van der Waals surface area contributed by atoms with Gasteiger partial charge in [0.15, 0.2) is 5.78 Å². The molecule has 0 fully saturated rings. The van der Waals surface area contributed by atoms with Crippen LogP contribution in [0, 0.1) is 41.4 Å². The van der Waals surface area contributed by atoms with Crippen LogP contribution in [0.5, 0.6) is 0 Å². The summed E-state index contributed by atoms with van der Waals surface area (Å²) in [6.07, 6.45) is -1.46. The average Bonchev–Trinajstić information content (AvgIpc) is 2.99. The Balaban J connectivity index is 5.61. The number of nitrogens with one attached hydrogen (secondary N) is 3. The second kappa shape index (κ2) is 24.4. The average molecular weight is 726 g/mol. The number of carbonyl (C=O) groups excluding carboxylic acids is 6. The van der Waals surface area contributed by atoms with Gasteiger partial charge in [-0.3, -0.25) is 28.8 Å². The van der Waals surface area contributed by atoms with E-state index in [9.17, 15) is 39.0 Å². The summed E-state index contributed by atoms with van der Waals surface area (Å²) in [4.78, 5) is 77.8. The molecule has 3 amide bonds. The van der Waals surface area contributed by atoms with Crippen molar-refractivity contribution in [3.8, 4) is 0 Å². The normalized spacial score (nSPS) is 16.0. The topological polar surface area (TPSA) is 188 Å². The summed E-state index contributed by atoms with van der Waals surface area (Å²) < 4.78 is 5.07. The first-order valence-corrected chi connectivity index (χ1v) is 19.0. The molecule has 0 aromatic rings. The van der Waals surface area contributed by atoms with Crippen LogP contribution in [0.3, 0.4) is 0 Å². The second-order valence-electron chi connectivity index (χ2n) is 16.3. The van der Waals surface area contributed by atoms with Crippen molar-refractivity contribution in [3.05, 3.63) is 0 Å². The Bertz CT molecular complexity index is 1110. The Morgan fingerprint density at radius 1 is 0.588 bits per heavy atom. The van der Waals surface area contributed by atoms with Gasteiger partial charge in [0.25, 0.3) is 0 Å². The fourth-order valence-corrected chi connectivity index (χ4v) is 5.93. The zero-order valence-corrected chi connectivity index (χ0v) is 33.5. The van der Waals surface area contributed by atoms with E-state index >= 15 is 0 Å². The van der Waals surface area contributed by atoms with Gasteiger partial charge in [0.05, 0.1) is 43.4 Å². The highest BCUT2D eigenvalue weighted by molar-refractivity contribution is 5.93. The van der Waals surface area contributed by atoms with Gasteiger partial charge in [-0.25, -0.2) is 0 Å². The SMILES string of the molecule is CCCOC(=O)CC(O)C(CC(C)C)NC(=O)C(C)CC(=O)CC(O)C(CC(C)C)NC(=O)C(CC(=O)C(NC(=O)CC(C)C)C(C)C)C(C)C. The largest absolute Gasteiger partial charge is 0.466 e. The number of hydrogen-bond acceptors (Lipinski definition) is 9. The first-order chi connectivity index (χ1) is 23.6. The van der Waals surface area contributed by atoms with Crippen LogP contribution in [0.1, 0.15) is 134 Å². The number of Topliss-reactive ketones (excluding diaryl/α,β-unsaturated/α-hetero) is 2. The van der Waals surface area contributed by atoms with Crippen LogP contribution in [0.2, 0.25) is 0 Å². The number of ketones is 2. The molecule has 7 unspecified atom stereocenters. The Kier molecular flexibility index (Phi) is 23.0. The first-order valence-electron chi connectivity index (χ1n) is 19.0. The number of hydrogen-bond donors (Lipinski definition) is 5. The molecule has 0 spiro atoms. The smallest absolute Gasteiger partial charge is 0.308 e. The summed E-state index contributed by atoms with van der Waals surface area (Å²) in [6, 6.07) is -2.22. The summed E-state index contributed by atoms with van der Waals surface area (Å²) in [6.45, 7) is 22.6. The third kappa shape index (κ3) is 20.1. The number of esters is 1. The number of rotatable bonds is 26. The lowest BCUT2D eigenvalue weighted by molar-refractivity contribution is -0.147. The lowest BCUT2D eigenvalue weighted by atomic mass is 9.85. The molecular formula is C39H71N3O9. The summed E-state index contributed by atoms with van der Waals surface area (Å²) in [5.41, 5.74) is 0. The zero-order valence-electron chi connectivity index (χ0n) is 33.5. The summed E-state index contributed by atoms with van der Waals surface area (Å²) in [5, 5.41) is 30.5. The lowest BCUT2D eigenvalue weighted by Crippen LogP contribution is -2.50. The molecule has 0 heterocycles. The lowest BCUT2D eigenvalue weighted by Gasteiger charge is -2.30. The second-order valence-corrected chi connectivity index (χ2v) is 16.3. The highest BCUT2D eigenvalue weighted by atomic mass is 16.5. The molecule has 0 aromatic heterocycles. The Morgan fingerprint density at radius 2 is 1.10 bits per heavy atom. The molecule has 0 aliphatic rings. The monoisotopic (exact) mass is 726 g/mol. The van der Waals surface area contributed by atoms with E-state index in [1.807, 2.05) is 76.2 Å². The zero-order chi connectivity index (χ0) is 39.6. The summed E-state index contributed by atoms with van der Waals surface area (Å²) in [5.74, 6) is -3.81. The van der Waals surface area contributed by atoms with E-state index in [0.29, 0.717) is 25.7 Å². The van der Waals surface area contributed by atoms with Crippen molar-refractivity contribution in [1.82, 2.24) is 16.0 Å². The molecule has 0 saturated heterocycles. The number of aliphatic hydroxyl groups is 2. The molecule has 5 N–H and O–H groups in total. The fourth-order valence-electron chi connectivity index (χ4n) is 5.93. The third-order valence-electron chi connectivity index (χ3n) is 8.78. The molecule has 0 aromatic carbocycles. The van der Waals surface area contributed by atoms with Gasteiger partial charge < -0.3 is 30.9 Å². The van der Waals surface area contributed by atoms with E-state index < -0.39 is 60.0 Å². The molecule has 0 saturated carbocycles. The van der Waals surface area contributed by atoms with Gasteiger partial charge in [0.1, 0.15) is 5.78 Å². The molecule has 0 aliphatic heterocycles. The van der Waals surface area contributed by atoms with Gasteiger partial charge in [-0.2, -0.15) is 0 Å². The van der Waals surface area contributed by atoms with Crippen molar-refractivity contribution in [2.45, 2.75) is 165 Å². The number of carbonyl (C=O) groups is 6. The van der Waals surface area contributed by atoms with Crippen LogP contribution in [-0.2, 0) is 33.5 Å². The Hall–Kier alpha value is -2.86. The van der Waals surface area contributed by atoms with Crippen LogP contribution in [0.4, 0.5) is 0 Å². The molecule has 7 atom stereocenters. The van der Waals surface area contributed by atoms with Crippen LogP contribution < -0.4 is 16.0 Å². The van der Waals surface area contributed by atoms with E-state index in [-0.39, 0.29) is 79.4 Å². The van der Waals surface area contributed by atoms with Crippen molar-refractivity contribution < 1.29 is 43.7 Å². The van der Waals surface area contributed by atoms with Crippen molar-refractivity contribution in [1.29, 1.82) is 0 Å². The van der Waals surface area contributed by atoms with Crippen molar-refractivity contribution in [2.24, 2.45) is 41.4 Å². The van der Waals surface area contributed by atoms with E-state index in [1.165, 1.54) is 0 Å². The van der Waals surface area contributed by atoms with Gasteiger partial charge in [0, 0.05) is 37.5 Å². The summed E-state index contributed by atoms with van der Waals surface area (Å²) >= 11 is 0. The van der Waals surface area contributed by atoms with E-state index in [1.54, 1.807) is 6.92 Å². The van der Waals surface area contributed by atoms with E-state index in [2.05, 4.69) is 16.0 Å². The van der Waals surface area contributed by atoms with Gasteiger partial charge >= 0.3 is 5.97 Å². The number of amides is 3. The molecule has 296 valence electrons. The molecule has 0 aliphatic carbocycles. The molecule has 0 radical (unpaired) electrons. The molecule has 12 nitrogen and oxygen atoms in total. The predicted molar refractivity (Wildman–Crippen MR) is 198 cm³/mol. The van der Waals surface area contributed by atoms with Crippen LogP contribution >= 0.6 is 0 Å².